The normalized spacial score (nSPS) is 21.4. The molecule has 1 heterocycles. The van der Waals surface area contributed by atoms with Crippen LogP contribution in [0.3, 0.4) is 0 Å². The Balaban J connectivity index is 2.25. The highest BCUT2D eigenvalue weighted by molar-refractivity contribution is 8.22. The van der Waals surface area contributed by atoms with Gasteiger partial charge in [0.1, 0.15) is 0 Å². The van der Waals surface area contributed by atoms with E-state index in [9.17, 15) is 0 Å². The van der Waals surface area contributed by atoms with Crippen LogP contribution in [-0.4, -0.2) is 16.7 Å². The van der Waals surface area contributed by atoms with Crippen LogP contribution in [0.1, 0.15) is 6.42 Å². The zero-order valence-corrected chi connectivity index (χ0v) is 5.48. The lowest BCUT2D eigenvalue weighted by Crippen LogP contribution is -2.07. The minimum absolute atomic E-state index is 0.714. The molecule has 0 unspecified atom stereocenters. The second-order valence-corrected chi connectivity index (χ2v) is 3.00. The lowest BCUT2D eigenvalue weighted by atomic mass is 10.5. The van der Waals surface area contributed by atoms with E-state index in [0.717, 1.165) is 18.8 Å². The van der Waals surface area contributed by atoms with E-state index >= 15 is 0 Å². The van der Waals surface area contributed by atoms with Crippen molar-refractivity contribution in [3.05, 3.63) is 0 Å². The van der Waals surface area contributed by atoms with Crippen molar-refractivity contribution in [3.63, 3.8) is 0 Å². The smallest absolute Gasteiger partial charge is 0.219 e. The van der Waals surface area contributed by atoms with Crippen molar-refractivity contribution < 1.29 is 4.74 Å². The molecule has 0 spiro atoms. The average molecular weight is 134 g/mol. The Bertz CT molecular complexity index is 73.8. The summed E-state index contributed by atoms with van der Waals surface area (Å²) >= 11 is 6.37. The lowest BCUT2D eigenvalue weighted by Gasteiger charge is -2.10. The van der Waals surface area contributed by atoms with Crippen molar-refractivity contribution in [3.8, 4) is 0 Å². The highest BCUT2D eigenvalue weighted by Gasteiger charge is 2.03. The fourth-order valence-electron chi connectivity index (χ4n) is 0.412. The van der Waals surface area contributed by atoms with Gasteiger partial charge in [-0.25, -0.2) is 0 Å². The topological polar surface area (TPSA) is 9.23 Å². The molecule has 0 aromatic rings. The number of thiocarbonyl (C=S) groups is 1. The Morgan fingerprint density at radius 3 is 2.86 bits per heavy atom. The Labute approximate surface area is 52.4 Å². The van der Waals surface area contributed by atoms with Crippen molar-refractivity contribution in [2.75, 3.05) is 12.4 Å². The van der Waals surface area contributed by atoms with Crippen LogP contribution in [0.15, 0.2) is 0 Å². The van der Waals surface area contributed by atoms with Crippen molar-refractivity contribution >= 4 is 28.4 Å². The van der Waals surface area contributed by atoms with Gasteiger partial charge in [-0.15, -0.1) is 0 Å². The van der Waals surface area contributed by atoms with Crippen molar-refractivity contribution in [2.45, 2.75) is 6.42 Å². The molecule has 0 aliphatic carbocycles. The Kier molecular flexibility index (Phi) is 1.94. The minimum Gasteiger partial charge on any atom is -0.479 e. The van der Waals surface area contributed by atoms with E-state index in [2.05, 4.69) is 0 Å². The molecule has 1 rings (SSSR count). The molecule has 0 N–H and O–H groups in total. The average Bonchev–Trinajstić information content (AvgIpc) is 1.69. The molecule has 0 atom stereocenters. The van der Waals surface area contributed by atoms with Gasteiger partial charge in [-0.05, 0) is 18.6 Å². The predicted octanol–water partition coefficient (Wildman–Crippen LogP) is 1.42. The summed E-state index contributed by atoms with van der Waals surface area (Å²) in [5, 5.41) is 0. The molecule has 0 aromatic carbocycles. The molecule has 0 aromatic heterocycles. The maximum atomic E-state index is 4.97. The van der Waals surface area contributed by atoms with Gasteiger partial charge in [-0.1, -0.05) is 11.8 Å². The number of hydrogen-bond donors (Lipinski definition) is 0. The first-order valence-electron chi connectivity index (χ1n) is 2.19. The van der Waals surface area contributed by atoms with Gasteiger partial charge >= 0.3 is 0 Å². The van der Waals surface area contributed by atoms with Crippen LogP contribution in [0.5, 0.6) is 0 Å². The zero-order valence-electron chi connectivity index (χ0n) is 3.85. The third-order valence-electron chi connectivity index (χ3n) is 0.729. The molecule has 0 radical (unpaired) electrons. The summed E-state index contributed by atoms with van der Waals surface area (Å²) < 4.78 is 5.69. The molecule has 3 heteroatoms. The number of thioether (sulfide) groups is 1. The third-order valence-corrected chi connectivity index (χ3v) is 2.05. The van der Waals surface area contributed by atoms with Gasteiger partial charge in [0.15, 0.2) is 0 Å². The predicted molar refractivity (Wildman–Crippen MR) is 35.6 cm³/mol. The first-order valence-corrected chi connectivity index (χ1v) is 3.58. The zero-order chi connectivity index (χ0) is 5.11. The van der Waals surface area contributed by atoms with E-state index in [1.54, 1.807) is 11.8 Å². The van der Waals surface area contributed by atoms with Gasteiger partial charge in [-0.3, -0.25) is 0 Å². The second-order valence-electron chi connectivity index (χ2n) is 1.30. The van der Waals surface area contributed by atoms with Gasteiger partial charge in [0.2, 0.25) is 4.38 Å². The maximum Gasteiger partial charge on any atom is 0.219 e. The van der Waals surface area contributed by atoms with Crippen LogP contribution >= 0.6 is 24.0 Å². The van der Waals surface area contributed by atoms with Gasteiger partial charge in [-0.2, -0.15) is 0 Å². The summed E-state index contributed by atoms with van der Waals surface area (Å²) in [6, 6.07) is 0. The maximum absolute atomic E-state index is 4.97. The van der Waals surface area contributed by atoms with Crippen LogP contribution < -0.4 is 0 Å². The van der Waals surface area contributed by atoms with Gasteiger partial charge in [0.05, 0.1) is 6.61 Å². The van der Waals surface area contributed by atoms with Crippen molar-refractivity contribution in [1.82, 2.24) is 0 Å². The van der Waals surface area contributed by atoms with E-state index < -0.39 is 0 Å². The summed E-state index contributed by atoms with van der Waals surface area (Å²) in [6.45, 7) is 0.825. The third kappa shape index (κ3) is 1.65. The molecule has 1 aliphatic rings. The van der Waals surface area contributed by atoms with Crippen LogP contribution in [0.4, 0.5) is 0 Å². The number of rotatable bonds is 0. The first kappa shape index (κ1) is 5.38. The van der Waals surface area contributed by atoms with Gasteiger partial charge in [0, 0.05) is 5.75 Å². The molecular formula is C4H6OS2. The standard InChI is InChI=1S/C4H6OS2/c6-4-5-2-1-3-7-4/h1-3H2. The molecule has 1 nitrogen and oxygen atoms in total. The monoisotopic (exact) mass is 134 g/mol. The summed E-state index contributed by atoms with van der Waals surface area (Å²) in [5.74, 6) is 1.14. The molecule has 1 aliphatic heterocycles. The van der Waals surface area contributed by atoms with E-state index in [4.69, 9.17) is 17.0 Å². The molecular weight excluding hydrogens is 128 g/mol. The van der Waals surface area contributed by atoms with Gasteiger partial charge < -0.3 is 4.74 Å². The molecule has 0 bridgehead atoms. The van der Waals surface area contributed by atoms with E-state index in [1.165, 1.54) is 0 Å². The fraction of sp³-hybridized carbons (Fsp3) is 0.750. The van der Waals surface area contributed by atoms with Crippen molar-refractivity contribution in [1.29, 1.82) is 0 Å². The summed E-state index contributed by atoms with van der Waals surface area (Å²) in [6.07, 6.45) is 1.14. The fourth-order valence-corrected chi connectivity index (χ4v) is 1.34. The van der Waals surface area contributed by atoms with Crippen molar-refractivity contribution in [2.24, 2.45) is 0 Å². The Morgan fingerprint density at radius 2 is 2.57 bits per heavy atom. The first-order chi connectivity index (χ1) is 3.39. The largest absolute Gasteiger partial charge is 0.479 e. The lowest BCUT2D eigenvalue weighted by molar-refractivity contribution is 0.317. The molecule has 1 fully saturated rings. The Hall–Kier alpha value is 0.240. The summed E-state index contributed by atoms with van der Waals surface area (Å²) in [7, 11) is 0. The van der Waals surface area contributed by atoms with E-state index in [1.807, 2.05) is 0 Å². The SMILES string of the molecule is S=C1OCCCS1. The molecule has 40 valence electrons. The minimum atomic E-state index is 0.714. The van der Waals surface area contributed by atoms with E-state index in [0.29, 0.717) is 4.38 Å². The van der Waals surface area contributed by atoms with Crippen LogP contribution in [0.2, 0.25) is 0 Å². The molecule has 0 amide bonds. The molecule has 7 heavy (non-hydrogen) atoms. The second kappa shape index (κ2) is 2.52. The summed E-state index contributed by atoms with van der Waals surface area (Å²) in [4.78, 5) is 0. The van der Waals surface area contributed by atoms with Crippen LogP contribution in [0, 0.1) is 0 Å². The number of ether oxygens (including phenoxy) is 1. The number of hydrogen-bond acceptors (Lipinski definition) is 3. The van der Waals surface area contributed by atoms with Gasteiger partial charge in [0.25, 0.3) is 0 Å². The van der Waals surface area contributed by atoms with E-state index in [-0.39, 0.29) is 0 Å². The quantitative estimate of drug-likeness (QED) is 0.464. The highest BCUT2D eigenvalue weighted by atomic mass is 32.2. The summed E-state index contributed by atoms with van der Waals surface area (Å²) in [5.41, 5.74) is 0. The highest BCUT2D eigenvalue weighted by Crippen LogP contribution is 2.12. The van der Waals surface area contributed by atoms with Crippen LogP contribution in [0.25, 0.3) is 0 Å². The molecule has 1 saturated heterocycles. The van der Waals surface area contributed by atoms with Crippen LogP contribution in [-0.2, 0) is 4.74 Å². The Morgan fingerprint density at radius 1 is 1.71 bits per heavy atom. The molecule has 0 saturated carbocycles.